The summed E-state index contributed by atoms with van der Waals surface area (Å²) < 4.78 is 13.1. The minimum Gasteiger partial charge on any atom is -0.330 e. The number of rotatable bonds is 5. The number of benzene rings is 1. The van der Waals surface area contributed by atoms with E-state index in [0.29, 0.717) is 13.1 Å². The Balaban J connectivity index is 1.55. The van der Waals surface area contributed by atoms with Gasteiger partial charge in [0.1, 0.15) is 5.82 Å². The maximum atomic E-state index is 13.1. The van der Waals surface area contributed by atoms with Crippen LogP contribution in [0.3, 0.4) is 0 Å². The number of carbonyl (C=O) groups excluding carboxylic acids is 1. The summed E-state index contributed by atoms with van der Waals surface area (Å²) in [6, 6.07) is 7.87. The summed E-state index contributed by atoms with van der Waals surface area (Å²) in [5, 5.41) is 0. The molecule has 0 radical (unpaired) electrons. The monoisotopic (exact) mass is 344 g/mol. The third kappa shape index (κ3) is 4.30. The predicted molar refractivity (Wildman–Crippen MR) is 94.2 cm³/mol. The van der Waals surface area contributed by atoms with Gasteiger partial charge in [0.2, 0.25) is 5.95 Å². The second kappa shape index (κ2) is 8.02. The van der Waals surface area contributed by atoms with Gasteiger partial charge in [-0.25, -0.2) is 14.4 Å². The van der Waals surface area contributed by atoms with Gasteiger partial charge in [-0.2, -0.15) is 0 Å². The van der Waals surface area contributed by atoms with Crippen LogP contribution in [0.25, 0.3) is 0 Å². The minimum atomic E-state index is -0.294. The van der Waals surface area contributed by atoms with Crippen molar-refractivity contribution in [2.24, 2.45) is 0 Å². The Morgan fingerprint density at radius 1 is 1.20 bits per heavy atom. The number of amides is 1. The summed E-state index contributed by atoms with van der Waals surface area (Å²) in [4.78, 5) is 26.3. The average Bonchev–Trinajstić information content (AvgIpc) is 2.65. The largest absolute Gasteiger partial charge is 0.330 e. The molecule has 1 aromatic carbocycles. The highest BCUT2D eigenvalue weighted by Crippen LogP contribution is 2.14. The number of nitrogens with one attached hydrogen (secondary N) is 1. The van der Waals surface area contributed by atoms with Gasteiger partial charge < -0.3 is 14.7 Å². The third-order valence-electron chi connectivity index (χ3n) is 4.46. The Labute approximate surface area is 146 Å². The van der Waals surface area contributed by atoms with Crippen molar-refractivity contribution < 1.29 is 14.1 Å². The fourth-order valence-electron chi connectivity index (χ4n) is 3.09. The first-order valence-corrected chi connectivity index (χ1v) is 8.59. The molecule has 0 spiro atoms. The molecule has 1 aliphatic rings. The van der Waals surface area contributed by atoms with Gasteiger partial charge in [0.25, 0.3) is 5.91 Å². The highest BCUT2D eigenvalue weighted by Gasteiger charge is 2.25. The smallest absolute Gasteiger partial charge is 0.282 e. The van der Waals surface area contributed by atoms with E-state index in [-0.39, 0.29) is 11.7 Å². The molecule has 3 rings (SSSR count). The van der Waals surface area contributed by atoms with Crippen molar-refractivity contribution in [3.8, 4) is 0 Å². The van der Waals surface area contributed by atoms with Crippen molar-refractivity contribution in [1.82, 2.24) is 9.97 Å². The van der Waals surface area contributed by atoms with Crippen molar-refractivity contribution in [3.05, 3.63) is 48.5 Å². The van der Waals surface area contributed by atoms with E-state index < -0.39 is 0 Å². The molecule has 1 fully saturated rings. The van der Waals surface area contributed by atoms with Gasteiger partial charge in [-0.1, -0.05) is 0 Å². The van der Waals surface area contributed by atoms with Gasteiger partial charge in [-0.3, -0.25) is 4.79 Å². The summed E-state index contributed by atoms with van der Waals surface area (Å²) in [5.41, 5.74) is 0.740. The zero-order valence-corrected chi connectivity index (χ0v) is 14.4. The Morgan fingerprint density at radius 3 is 2.44 bits per heavy atom. The van der Waals surface area contributed by atoms with E-state index in [1.54, 1.807) is 35.5 Å². The van der Waals surface area contributed by atoms with E-state index in [2.05, 4.69) is 14.9 Å². The van der Waals surface area contributed by atoms with Crippen LogP contribution in [-0.4, -0.2) is 55.1 Å². The number of likely N-dealkylation sites (N-methyl/N-ethyl adjacent to an activating group) is 1. The first kappa shape index (κ1) is 17.3. The van der Waals surface area contributed by atoms with Crippen molar-refractivity contribution in [2.75, 3.05) is 49.1 Å². The van der Waals surface area contributed by atoms with Crippen LogP contribution in [0.15, 0.2) is 42.7 Å². The van der Waals surface area contributed by atoms with Crippen molar-refractivity contribution >= 4 is 17.5 Å². The quantitative estimate of drug-likeness (QED) is 0.852. The fourth-order valence-corrected chi connectivity index (χ4v) is 3.09. The molecule has 132 valence electrons. The summed E-state index contributed by atoms with van der Waals surface area (Å²) in [6.45, 7) is 6.33. The molecule has 0 bridgehead atoms. The number of carbonyl (C=O) groups is 1. The van der Waals surface area contributed by atoms with Gasteiger partial charge in [-0.05, 0) is 37.3 Å². The molecule has 0 saturated carbocycles. The topological polar surface area (TPSA) is 53.8 Å². The van der Waals surface area contributed by atoms with Crippen molar-refractivity contribution in [3.63, 3.8) is 0 Å². The normalized spacial score (nSPS) is 15.2. The lowest BCUT2D eigenvalue weighted by Crippen LogP contribution is -3.16. The predicted octanol–water partition coefficient (Wildman–Crippen LogP) is 0.374. The molecule has 1 aromatic heterocycles. The van der Waals surface area contributed by atoms with Gasteiger partial charge in [0.15, 0.2) is 6.54 Å². The second-order valence-corrected chi connectivity index (χ2v) is 6.08. The van der Waals surface area contributed by atoms with Crippen LogP contribution < -0.4 is 14.7 Å². The maximum Gasteiger partial charge on any atom is 0.282 e. The highest BCUT2D eigenvalue weighted by atomic mass is 19.1. The summed E-state index contributed by atoms with van der Waals surface area (Å²) in [6.07, 6.45) is 3.49. The van der Waals surface area contributed by atoms with E-state index in [4.69, 9.17) is 0 Å². The molecule has 2 aromatic rings. The second-order valence-electron chi connectivity index (χ2n) is 6.08. The standard InChI is InChI=1S/C18H22FN5O/c1-2-24(16-6-4-15(19)5-7-16)17(25)14-22-10-12-23(13-11-22)18-20-8-3-9-21-18/h3-9H,2,10-14H2,1H3/p+1. The molecule has 1 aliphatic heterocycles. The molecule has 1 saturated heterocycles. The molecule has 1 amide bonds. The number of hydrogen-bond donors (Lipinski definition) is 1. The van der Waals surface area contributed by atoms with Crippen LogP contribution in [0.2, 0.25) is 0 Å². The number of halogens is 1. The van der Waals surface area contributed by atoms with Crippen molar-refractivity contribution in [1.29, 1.82) is 0 Å². The Hall–Kier alpha value is -2.54. The molecule has 2 heterocycles. The van der Waals surface area contributed by atoms with Crippen LogP contribution in [0, 0.1) is 5.82 Å². The molecule has 0 aliphatic carbocycles. The van der Waals surface area contributed by atoms with Crippen LogP contribution in [0.5, 0.6) is 0 Å². The Kier molecular flexibility index (Phi) is 5.55. The number of hydrogen-bond acceptors (Lipinski definition) is 4. The van der Waals surface area contributed by atoms with E-state index in [1.165, 1.54) is 17.0 Å². The maximum absolute atomic E-state index is 13.1. The molecule has 25 heavy (non-hydrogen) atoms. The first-order valence-electron chi connectivity index (χ1n) is 8.59. The third-order valence-corrected chi connectivity index (χ3v) is 4.46. The van der Waals surface area contributed by atoms with Gasteiger partial charge in [0.05, 0.1) is 26.2 Å². The lowest BCUT2D eigenvalue weighted by atomic mass is 10.2. The molecule has 7 heteroatoms. The summed E-state index contributed by atoms with van der Waals surface area (Å²) in [7, 11) is 0. The number of piperazine rings is 1. The van der Waals surface area contributed by atoms with E-state index in [0.717, 1.165) is 37.8 Å². The molecular weight excluding hydrogens is 321 g/mol. The lowest BCUT2D eigenvalue weighted by Gasteiger charge is -2.32. The van der Waals surface area contributed by atoms with Crippen LogP contribution in [-0.2, 0) is 4.79 Å². The van der Waals surface area contributed by atoms with E-state index in [1.807, 2.05) is 6.92 Å². The van der Waals surface area contributed by atoms with Crippen LogP contribution in [0.1, 0.15) is 6.92 Å². The first-order chi connectivity index (χ1) is 12.2. The van der Waals surface area contributed by atoms with Gasteiger partial charge in [-0.15, -0.1) is 0 Å². The lowest BCUT2D eigenvalue weighted by molar-refractivity contribution is -0.892. The average molecular weight is 344 g/mol. The van der Waals surface area contributed by atoms with Gasteiger partial charge in [0, 0.05) is 24.6 Å². The number of nitrogens with zero attached hydrogens (tertiary/aromatic N) is 4. The molecule has 1 N–H and O–H groups in total. The number of aromatic nitrogens is 2. The SMILES string of the molecule is CCN(C(=O)C[NH+]1CCN(c2ncccn2)CC1)c1ccc(F)cc1. The van der Waals surface area contributed by atoms with E-state index in [9.17, 15) is 9.18 Å². The molecule has 0 atom stereocenters. The molecule has 6 nitrogen and oxygen atoms in total. The zero-order chi connectivity index (χ0) is 17.6. The van der Waals surface area contributed by atoms with Crippen molar-refractivity contribution in [2.45, 2.75) is 6.92 Å². The van der Waals surface area contributed by atoms with Gasteiger partial charge >= 0.3 is 0 Å². The highest BCUT2D eigenvalue weighted by molar-refractivity contribution is 5.93. The summed E-state index contributed by atoms with van der Waals surface area (Å²) >= 11 is 0. The Bertz CT molecular complexity index is 686. The zero-order valence-electron chi connectivity index (χ0n) is 14.4. The molecule has 0 unspecified atom stereocenters. The summed E-state index contributed by atoms with van der Waals surface area (Å²) in [5.74, 6) is 0.514. The van der Waals surface area contributed by atoms with Crippen LogP contribution >= 0.6 is 0 Å². The molecular formula is C18H23FN5O+. The minimum absolute atomic E-state index is 0.0634. The van der Waals surface area contributed by atoms with Crippen LogP contribution in [0.4, 0.5) is 16.0 Å². The number of quaternary nitrogens is 1. The Morgan fingerprint density at radius 2 is 1.84 bits per heavy atom. The number of anilines is 2. The van der Waals surface area contributed by atoms with E-state index >= 15 is 0 Å². The fraction of sp³-hybridized carbons (Fsp3) is 0.389.